The Morgan fingerprint density at radius 3 is 2.78 bits per heavy atom. The Kier molecular flexibility index (Phi) is 4.41. The zero-order valence-electron chi connectivity index (χ0n) is 12.6. The van der Waals surface area contributed by atoms with Crippen LogP contribution in [-0.2, 0) is 9.84 Å². The molecule has 1 aliphatic heterocycles. The number of nitrogens with zero attached hydrogens (tertiary/aromatic N) is 3. The Morgan fingerprint density at radius 1 is 1.30 bits per heavy atom. The number of halogens is 1. The zero-order chi connectivity index (χ0) is 16.4. The van der Waals surface area contributed by atoms with Crippen LogP contribution in [-0.4, -0.2) is 43.0 Å². The monoisotopic (exact) mass is 352 g/mol. The van der Waals surface area contributed by atoms with Gasteiger partial charge < -0.3 is 10.2 Å². The smallest absolute Gasteiger partial charge is 0.227 e. The average molecular weight is 353 g/mol. The average Bonchev–Trinajstić information content (AvgIpc) is 2.89. The maximum atomic E-state index is 11.6. The predicted octanol–water partition coefficient (Wildman–Crippen LogP) is 2.50. The minimum atomic E-state index is -2.94. The first-order valence-corrected chi connectivity index (χ1v) is 9.42. The lowest BCUT2D eigenvalue weighted by Gasteiger charge is -2.23. The lowest BCUT2D eigenvalue weighted by Crippen LogP contribution is -2.33. The molecule has 0 bridgehead atoms. The quantitative estimate of drug-likeness (QED) is 0.911. The van der Waals surface area contributed by atoms with Crippen LogP contribution < -0.4 is 10.2 Å². The number of nitrogens with one attached hydrogen (secondary N) is 1. The van der Waals surface area contributed by atoms with Crippen LogP contribution >= 0.6 is 11.6 Å². The zero-order valence-corrected chi connectivity index (χ0v) is 14.2. The summed E-state index contributed by atoms with van der Waals surface area (Å²) in [6, 6.07) is 9.04. The summed E-state index contributed by atoms with van der Waals surface area (Å²) in [7, 11) is -1.12. The van der Waals surface area contributed by atoms with E-state index in [4.69, 9.17) is 11.6 Å². The van der Waals surface area contributed by atoms with Gasteiger partial charge in [0, 0.05) is 19.3 Å². The molecule has 0 amide bonds. The number of hydrogen-bond acceptors (Lipinski definition) is 6. The first-order valence-electron chi connectivity index (χ1n) is 7.22. The topological polar surface area (TPSA) is 75.2 Å². The molecule has 2 heterocycles. The maximum Gasteiger partial charge on any atom is 0.227 e. The van der Waals surface area contributed by atoms with Gasteiger partial charge in [-0.05, 0) is 24.6 Å². The number of benzene rings is 1. The van der Waals surface area contributed by atoms with Crippen LogP contribution in [0.2, 0.25) is 5.02 Å². The lowest BCUT2D eigenvalue weighted by atomic mass is 10.2. The summed E-state index contributed by atoms with van der Waals surface area (Å²) in [5, 5.41) is 3.75. The Morgan fingerprint density at radius 2 is 2.09 bits per heavy atom. The van der Waals surface area contributed by atoms with Crippen molar-refractivity contribution in [3.8, 4) is 0 Å². The molecule has 0 saturated carbocycles. The van der Waals surface area contributed by atoms with E-state index in [1.54, 1.807) is 18.3 Å². The third-order valence-corrected chi connectivity index (χ3v) is 5.93. The van der Waals surface area contributed by atoms with Gasteiger partial charge in [-0.2, -0.15) is 4.98 Å². The predicted molar refractivity (Wildman–Crippen MR) is 92.2 cm³/mol. The number of anilines is 3. The summed E-state index contributed by atoms with van der Waals surface area (Å²) in [4.78, 5) is 10.5. The Hall–Kier alpha value is -1.86. The molecule has 8 heteroatoms. The van der Waals surface area contributed by atoms with E-state index in [0.717, 1.165) is 5.69 Å². The fraction of sp³-hybridized carbons (Fsp3) is 0.333. The van der Waals surface area contributed by atoms with Gasteiger partial charge in [0.2, 0.25) is 5.95 Å². The number of sulfone groups is 1. The molecular formula is C15H17ClN4O2S. The molecule has 6 nitrogen and oxygen atoms in total. The van der Waals surface area contributed by atoms with Crippen molar-refractivity contribution >= 4 is 38.9 Å². The third-order valence-electron chi connectivity index (χ3n) is 3.85. The minimum absolute atomic E-state index is 0.0874. The molecule has 1 unspecified atom stereocenters. The summed E-state index contributed by atoms with van der Waals surface area (Å²) in [6.07, 6.45) is 2.24. The fourth-order valence-electron chi connectivity index (χ4n) is 2.53. The number of para-hydroxylation sites is 1. The van der Waals surface area contributed by atoms with Crippen LogP contribution in [0.4, 0.5) is 17.5 Å². The molecule has 0 aliphatic carbocycles. The number of rotatable bonds is 4. The van der Waals surface area contributed by atoms with Crippen molar-refractivity contribution in [3.05, 3.63) is 41.6 Å². The molecule has 1 fully saturated rings. The molecule has 3 rings (SSSR count). The Balaban J connectivity index is 1.79. The molecule has 2 aromatic rings. The summed E-state index contributed by atoms with van der Waals surface area (Å²) in [5.41, 5.74) is 0.755. The second kappa shape index (κ2) is 6.33. The van der Waals surface area contributed by atoms with Crippen LogP contribution in [0.25, 0.3) is 0 Å². The van der Waals surface area contributed by atoms with E-state index in [9.17, 15) is 8.42 Å². The van der Waals surface area contributed by atoms with E-state index in [2.05, 4.69) is 15.3 Å². The van der Waals surface area contributed by atoms with Gasteiger partial charge in [0.25, 0.3) is 0 Å². The molecule has 23 heavy (non-hydrogen) atoms. The van der Waals surface area contributed by atoms with Crippen molar-refractivity contribution < 1.29 is 8.42 Å². The van der Waals surface area contributed by atoms with Crippen molar-refractivity contribution in [1.82, 2.24) is 9.97 Å². The molecular weight excluding hydrogens is 336 g/mol. The van der Waals surface area contributed by atoms with E-state index < -0.39 is 9.84 Å². The van der Waals surface area contributed by atoms with E-state index >= 15 is 0 Å². The minimum Gasteiger partial charge on any atom is -0.340 e. The highest BCUT2D eigenvalue weighted by atomic mass is 35.5. The molecule has 1 aromatic heterocycles. The largest absolute Gasteiger partial charge is 0.340 e. The van der Waals surface area contributed by atoms with Gasteiger partial charge in [0.1, 0.15) is 5.82 Å². The first kappa shape index (κ1) is 16.0. The number of hydrogen-bond donors (Lipinski definition) is 1. The lowest BCUT2D eigenvalue weighted by molar-refractivity contribution is 0.600. The highest BCUT2D eigenvalue weighted by molar-refractivity contribution is 7.91. The van der Waals surface area contributed by atoms with Crippen molar-refractivity contribution in [3.63, 3.8) is 0 Å². The second-order valence-corrected chi connectivity index (χ2v) is 8.15. The Bertz CT molecular complexity index is 813. The summed E-state index contributed by atoms with van der Waals surface area (Å²) < 4.78 is 23.3. The highest BCUT2D eigenvalue weighted by Crippen LogP contribution is 2.25. The van der Waals surface area contributed by atoms with Gasteiger partial charge in [-0.1, -0.05) is 23.7 Å². The van der Waals surface area contributed by atoms with Gasteiger partial charge in [0.15, 0.2) is 9.84 Å². The molecule has 1 aliphatic rings. The fourth-order valence-corrected chi connectivity index (χ4v) is 4.49. The van der Waals surface area contributed by atoms with Crippen molar-refractivity contribution in [2.45, 2.75) is 12.5 Å². The van der Waals surface area contributed by atoms with E-state index in [1.165, 1.54) is 0 Å². The standard InChI is InChI=1S/C15H17ClN4O2S/c1-20(11-7-9-23(21,22)10-11)15-17-8-6-14(19-15)18-13-5-3-2-4-12(13)16/h2-6,8,11H,7,9-10H2,1H3,(H,17,18,19). The van der Waals surface area contributed by atoms with Gasteiger partial charge in [-0.15, -0.1) is 0 Å². The van der Waals surface area contributed by atoms with Crippen LogP contribution in [0.15, 0.2) is 36.5 Å². The number of aromatic nitrogens is 2. The molecule has 0 spiro atoms. The normalized spacial score (nSPS) is 19.5. The van der Waals surface area contributed by atoms with Crippen LogP contribution in [0.3, 0.4) is 0 Å². The molecule has 1 atom stereocenters. The molecule has 0 radical (unpaired) electrons. The first-order chi connectivity index (χ1) is 10.9. The summed E-state index contributed by atoms with van der Waals surface area (Å²) in [5.74, 6) is 1.47. The van der Waals surface area contributed by atoms with Crippen LogP contribution in [0.5, 0.6) is 0 Å². The van der Waals surface area contributed by atoms with Crippen molar-refractivity contribution in [2.75, 3.05) is 28.8 Å². The van der Waals surface area contributed by atoms with Crippen molar-refractivity contribution in [2.24, 2.45) is 0 Å². The van der Waals surface area contributed by atoms with Gasteiger partial charge in [0.05, 0.1) is 22.2 Å². The summed E-state index contributed by atoms with van der Waals surface area (Å²) in [6.45, 7) is 0. The van der Waals surface area contributed by atoms with Gasteiger partial charge in [-0.3, -0.25) is 0 Å². The van der Waals surface area contributed by atoms with E-state index in [0.29, 0.717) is 23.2 Å². The third kappa shape index (κ3) is 3.73. The second-order valence-electron chi connectivity index (χ2n) is 5.51. The van der Waals surface area contributed by atoms with E-state index in [1.807, 2.05) is 30.1 Å². The maximum absolute atomic E-state index is 11.6. The molecule has 1 saturated heterocycles. The van der Waals surface area contributed by atoms with Crippen LogP contribution in [0.1, 0.15) is 6.42 Å². The van der Waals surface area contributed by atoms with Crippen molar-refractivity contribution in [1.29, 1.82) is 0 Å². The SMILES string of the molecule is CN(c1nccc(Nc2ccccc2Cl)n1)C1CCS(=O)(=O)C1. The molecule has 1 N–H and O–H groups in total. The molecule has 122 valence electrons. The Labute approximate surface area is 140 Å². The van der Waals surface area contributed by atoms with Crippen LogP contribution in [0, 0.1) is 0 Å². The molecule has 1 aromatic carbocycles. The summed E-state index contributed by atoms with van der Waals surface area (Å²) >= 11 is 6.13. The van der Waals surface area contributed by atoms with E-state index in [-0.39, 0.29) is 17.5 Å². The van der Waals surface area contributed by atoms with Gasteiger partial charge in [-0.25, -0.2) is 13.4 Å². The highest BCUT2D eigenvalue weighted by Gasteiger charge is 2.31. The van der Waals surface area contributed by atoms with Gasteiger partial charge >= 0.3 is 0 Å².